The van der Waals surface area contributed by atoms with Crippen LogP contribution in [0.1, 0.15) is 5.56 Å². The Kier molecular flexibility index (Phi) is 5.53. The Hall–Kier alpha value is -2.57. The highest BCUT2D eigenvalue weighted by Gasteiger charge is 2.14. The maximum Gasteiger partial charge on any atom is 0.204 e. The summed E-state index contributed by atoms with van der Waals surface area (Å²) in [5.41, 5.74) is 2.88. The minimum atomic E-state index is -0.687. The van der Waals surface area contributed by atoms with Crippen LogP contribution in [0, 0.1) is 6.92 Å². The smallest absolute Gasteiger partial charge is 0.204 e. The summed E-state index contributed by atoms with van der Waals surface area (Å²) < 4.78 is 7.60. The average Bonchev–Trinajstić information content (AvgIpc) is 2.96. The van der Waals surface area contributed by atoms with Gasteiger partial charge in [0.2, 0.25) is 5.95 Å². The fourth-order valence-electron chi connectivity index (χ4n) is 2.72. The van der Waals surface area contributed by atoms with Gasteiger partial charge in [-0.25, -0.2) is 4.98 Å². The molecule has 3 rings (SSSR count). The molecule has 2 aromatic carbocycles. The third-order valence-electron chi connectivity index (χ3n) is 3.87. The van der Waals surface area contributed by atoms with Gasteiger partial charge < -0.3 is 24.8 Å². The number of aliphatic hydroxyl groups excluding tert-OH is 2. The monoisotopic (exact) mass is 341 g/mol. The Morgan fingerprint density at radius 3 is 2.84 bits per heavy atom. The average molecular weight is 341 g/mol. The molecule has 6 nitrogen and oxygen atoms in total. The highest BCUT2D eigenvalue weighted by molar-refractivity contribution is 5.78. The van der Waals surface area contributed by atoms with Gasteiger partial charge in [-0.2, -0.15) is 0 Å². The molecule has 1 aromatic heterocycles. The molecule has 0 fully saturated rings. The molecule has 0 aliphatic heterocycles. The van der Waals surface area contributed by atoms with Crippen molar-refractivity contribution in [2.75, 3.05) is 25.1 Å². The summed E-state index contributed by atoms with van der Waals surface area (Å²) in [6.07, 6.45) is -0.687. The van der Waals surface area contributed by atoms with E-state index in [1.54, 1.807) is 0 Å². The molecule has 25 heavy (non-hydrogen) atoms. The van der Waals surface area contributed by atoms with Gasteiger partial charge in [-0.1, -0.05) is 24.3 Å². The van der Waals surface area contributed by atoms with Crippen molar-refractivity contribution >= 4 is 17.0 Å². The second-order valence-corrected chi connectivity index (χ2v) is 5.97. The van der Waals surface area contributed by atoms with Crippen molar-refractivity contribution in [1.82, 2.24) is 9.55 Å². The van der Waals surface area contributed by atoms with Gasteiger partial charge in [0, 0.05) is 6.54 Å². The fourth-order valence-corrected chi connectivity index (χ4v) is 2.72. The maximum atomic E-state index is 10.4. The summed E-state index contributed by atoms with van der Waals surface area (Å²) in [5.74, 6) is 1.37. The van der Waals surface area contributed by atoms with Gasteiger partial charge in [0.15, 0.2) is 0 Å². The fraction of sp³-hybridized carbons (Fsp3) is 0.316. The topological polar surface area (TPSA) is 79.5 Å². The molecule has 0 aliphatic carbocycles. The van der Waals surface area contributed by atoms with Gasteiger partial charge in [-0.05, 0) is 36.8 Å². The van der Waals surface area contributed by atoms with Crippen molar-refractivity contribution in [3.63, 3.8) is 0 Å². The Bertz CT molecular complexity index is 832. The molecule has 6 heteroatoms. The van der Waals surface area contributed by atoms with E-state index in [4.69, 9.17) is 9.84 Å². The molecule has 0 amide bonds. The number of aryl methyl sites for hydroxylation is 1. The Morgan fingerprint density at radius 1 is 1.20 bits per heavy atom. The molecule has 0 saturated carbocycles. The molecular formula is C19H23N3O3. The highest BCUT2D eigenvalue weighted by Crippen LogP contribution is 2.20. The van der Waals surface area contributed by atoms with Crippen LogP contribution in [0.15, 0.2) is 48.5 Å². The summed E-state index contributed by atoms with van der Waals surface area (Å²) in [6, 6.07) is 15.5. The normalized spacial score (nSPS) is 12.3. The Balaban J connectivity index is 1.72. The Morgan fingerprint density at radius 2 is 2.04 bits per heavy atom. The number of nitrogens with zero attached hydrogens (tertiary/aromatic N) is 2. The highest BCUT2D eigenvalue weighted by atomic mass is 16.5. The molecule has 0 saturated heterocycles. The van der Waals surface area contributed by atoms with Crippen LogP contribution in [-0.2, 0) is 6.54 Å². The van der Waals surface area contributed by atoms with Gasteiger partial charge in [0.1, 0.15) is 18.5 Å². The van der Waals surface area contributed by atoms with Crippen LogP contribution < -0.4 is 10.1 Å². The number of hydrogen-bond acceptors (Lipinski definition) is 5. The number of rotatable bonds is 8. The molecule has 0 bridgehead atoms. The number of para-hydroxylation sites is 2. The van der Waals surface area contributed by atoms with E-state index in [1.807, 2.05) is 60.0 Å². The number of benzene rings is 2. The third kappa shape index (κ3) is 4.29. The molecule has 3 N–H and O–H groups in total. The number of hydrogen-bond donors (Lipinski definition) is 3. The van der Waals surface area contributed by atoms with E-state index in [2.05, 4.69) is 10.3 Å². The Labute approximate surface area is 146 Å². The first-order valence-electron chi connectivity index (χ1n) is 8.35. The second kappa shape index (κ2) is 8.00. The SMILES string of the molecule is Cc1cccc(OC[C@H](O)Cn2c(NCCO)nc3ccccc32)c1. The number of imidazole rings is 1. The van der Waals surface area contributed by atoms with Gasteiger partial charge in [-0.3, -0.25) is 0 Å². The van der Waals surface area contributed by atoms with Crippen molar-refractivity contribution in [1.29, 1.82) is 0 Å². The van der Waals surface area contributed by atoms with Gasteiger partial charge in [0.25, 0.3) is 0 Å². The zero-order chi connectivity index (χ0) is 17.6. The zero-order valence-electron chi connectivity index (χ0n) is 14.2. The molecule has 0 radical (unpaired) electrons. The lowest BCUT2D eigenvalue weighted by molar-refractivity contribution is 0.0938. The predicted molar refractivity (Wildman–Crippen MR) is 98.0 cm³/mol. The summed E-state index contributed by atoms with van der Waals surface area (Å²) in [6.45, 7) is 2.96. The number of anilines is 1. The van der Waals surface area contributed by atoms with E-state index in [9.17, 15) is 5.11 Å². The first-order valence-corrected chi connectivity index (χ1v) is 8.35. The van der Waals surface area contributed by atoms with Crippen LogP contribution in [0.5, 0.6) is 5.75 Å². The van der Waals surface area contributed by atoms with E-state index in [-0.39, 0.29) is 13.2 Å². The van der Waals surface area contributed by atoms with E-state index < -0.39 is 6.10 Å². The molecule has 0 aliphatic rings. The van der Waals surface area contributed by atoms with Crippen LogP contribution in [0.3, 0.4) is 0 Å². The lowest BCUT2D eigenvalue weighted by atomic mass is 10.2. The summed E-state index contributed by atoms with van der Waals surface area (Å²) >= 11 is 0. The molecule has 0 unspecified atom stereocenters. The predicted octanol–water partition coefficient (Wildman–Crippen LogP) is 2.19. The van der Waals surface area contributed by atoms with Gasteiger partial charge in [-0.15, -0.1) is 0 Å². The number of fused-ring (bicyclic) bond motifs is 1. The number of nitrogens with one attached hydrogen (secondary N) is 1. The minimum absolute atomic E-state index is 0.0161. The molecule has 1 atom stereocenters. The molecule has 3 aromatic rings. The number of ether oxygens (including phenoxy) is 1. The van der Waals surface area contributed by atoms with Crippen LogP contribution in [0.4, 0.5) is 5.95 Å². The minimum Gasteiger partial charge on any atom is -0.491 e. The van der Waals surface area contributed by atoms with Crippen LogP contribution in [-0.4, -0.2) is 45.6 Å². The van der Waals surface area contributed by atoms with Crippen LogP contribution in [0.2, 0.25) is 0 Å². The lowest BCUT2D eigenvalue weighted by Crippen LogP contribution is -2.25. The second-order valence-electron chi connectivity index (χ2n) is 5.97. The third-order valence-corrected chi connectivity index (χ3v) is 3.87. The molecule has 1 heterocycles. The van der Waals surface area contributed by atoms with Crippen molar-refractivity contribution in [2.45, 2.75) is 19.6 Å². The van der Waals surface area contributed by atoms with Crippen molar-refractivity contribution in [3.05, 3.63) is 54.1 Å². The van der Waals surface area contributed by atoms with Crippen LogP contribution in [0.25, 0.3) is 11.0 Å². The molecule has 0 spiro atoms. The van der Waals surface area contributed by atoms with Crippen molar-refractivity contribution in [2.24, 2.45) is 0 Å². The number of aromatic nitrogens is 2. The van der Waals surface area contributed by atoms with E-state index in [1.165, 1.54) is 0 Å². The molecule has 132 valence electrons. The first kappa shape index (κ1) is 17.3. The summed E-state index contributed by atoms with van der Waals surface area (Å²) in [7, 11) is 0. The first-order chi connectivity index (χ1) is 12.2. The lowest BCUT2D eigenvalue weighted by Gasteiger charge is -2.16. The quantitative estimate of drug-likeness (QED) is 0.585. The zero-order valence-corrected chi connectivity index (χ0v) is 14.2. The number of aliphatic hydroxyl groups is 2. The van der Waals surface area contributed by atoms with Gasteiger partial charge >= 0.3 is 0 Å². The van der Waals surface area contributed by atoms with Gasteiger partial charge in [0.05, 0.1) is 24.2 Å². The van der Waals surface area contributed by atoms with E-state index in [0.29, 0.717) is 19.0 Å². The van der Waals surface area contributed by atoms with E-state index in [0.717, 1.165) is 22.3 Å². The maximum absolute atomic E-state index is 10.4. The molecular weight excluding hydrogens is 318 g/mol. The largest absolute Gasteiger partial charge is 0.491 e. The summed E-state index contributed by atoms with van der Waals surface area (Å²) in [5, 5.41) is 22.5. The van der Waals surface area contributed by atoms with Crippen molar-refractivity contribution in [3.8, 4) is 5.75 Å². The van der Waals surface area contributed by atoms with E-state index >= 15 is 0 Å². The standard InChI is InChI=1S/C19H23N3O3/c1-14-5-4-6-16(11-14)25-13-15(24)12-22-18-8-3-2-7-17(18)21-19(22)20-9-10-23/h2-8,11,15,23-24H,9-10,12-13H2,1H3,(H,20,21)/t15-/m1/s1. The summed E-state index contributed by atoms with van der Waals surface area (Å²) in [4.78, 5) is 4.52. The van der Waals surface area contributed by atoms with Crippen LogP contribution >= 0.6 is 0 Å². The van der Waals surface area contributed by atoms with Crippen molar-refractivity contribution < 1.29 is 14.9 Å².